The molecule has 0 saturated carbocycles. The van der Waals surface area contributed by atoms with Crippen LogP contribution in [0.1, 0.15) is 34.1 Å². The quantitative estimate of drug-likeness (QED) is 0.633. The lowest BCUT2D eigenvalue weighted by Gasteiger charge is -2.22. The first-order chi connectivity index (χ1) is 6.55. The van der Waals surface area contributed by atoms with Crippen LogP contribution in [0.4, 0.5) is 0 Å². The molecule has 0 aliphatic heterocycles. The van der Waals surface area contributed by atoms with E-state index in [1.807, 2.05) is 25.6 Å². The minimum atomic E-state index is -0.478. The Labute approximate surface area is 93.1 Å². The van der Waals surface area contributed by atoms with Gasteiger partial charge in [-0.1, -0.05) is 20.8 Å². The van der Waals surface area contributed by atoms with Crippen molar-refractivity contribution in [2.45, 2.75) is 39.7 Å². The first-order valence-electron chi connectivity index (χ1n) is 5.58. The predicted octanol–water partition coefficient (Wildman–Crippen LogP) is 2.22. The summed E-state index contributed by atoms with van der Waals surface area (Å²) in [6, 6.07) is 0. The van der Waals surface area contributed by atoms with Gasteiger partial charge in [0.1, 0.15) is 0 Å². The summed E-state index contributed by atoms with van der Waals surface area (Å²) in [5.41, 5.74) is -0.478. The lowest BCUT2D eigenvalue weighted by molar-refractivity contribution is 0.0816. The molecule has 0 aromatic rings. The highest BCUT2D eigenvalue weighted by Gasteiger charge is 2.16. The van der Waals surface area contributed by atoms with Crippen molar-refractivity contribution >= 4 is 11.8 Å². The van der Waals surface area contributed by atoms with Gasteiger partial charge >= 0.3 is 0 Å². The molecule has 0 aromatic carbocycles. The Morgan fingerprint density at radius 3 is 2.21 bits per heavy atom. The summed E-state index contributed by atoms with van der Waals surface area (Å²) in [6.45, 7) is 11.7. The molecule has 2 nitrogen and oxygen atoms in total. The minimum absolute atomic E-state index is 0.478. The molecule has 0 spiro atoms. The predicted molar refractivity (Wildman–Crippen MR) is 66.0 cm³/mol. The maximum atomic E-state index is 9.77. The average Bonchev–Trinajstić information content (AvgIpc) is 2.18. The number of rotatable bonds is 8. The van der Waals surface area contributed by atoms with E-state index in [1.54, 1.807) is 0 Å². The Morgan fingerprint density at radius 2 is 1.79 bits per heavy atom. The molecule has 0 aromatic heterocycles. The van der Waals surface area contributed by atoms with Crippen LogP contribution in [0.5, 0.6) is 0 Å². The second-order valence-electron chi connectivity index (χ2n) is 3.93. The summed E-state index contributed by atoms with van der Waals surface area (Å²) >= 11 is 1.85. The van der Waals surface area contributed by atoms with E-state index in [0.717, 1.165) is 37.6 Å². The van der Waals surface area contributed by atoms with Crippen molar-refractivity contribution in [1.82, 2.24) is 4.90 Å². The molecule has 1 atom stereocenters. The van der Waals surface area contributed by atoms with Gasteiger partial charge < -0.3 is 10.0 Å². The van der Waals surface area contributed by atoms with Crippen LogP contribution in [-0.2, 0) is 0 Å². The molecule has 0 heterocycles. The molecule has 0 amide bonds. The molecule has 0 aliphatic carbocycles. The highest BCUT2D eigenvalue weighted by molar-refractivity contribution is 7.99. The fourth-order valence-corrected chi connectivity index (χ4v) is 2.30. The Bertz CT molecular complexity index is 135. The van der Waals surface area contributed by atoms with E-state index < -0.39 is 5.60 Å². The summed E-state index contributed by atoms with van der Waals surface area (Å²) < 4.78 is 0. The molecule has 1 N–H and O–H groups in total. The summed E-state index contributed by atoms with van der Waals surface area (Å²) in [5, 5.41) is 9.77. The van der Waals surface area contributed by atoms with Crippen LogP contribution in [0, 0.1) is 0 Å². The molecular formula is C11H25NOS. The van der Waals surface area contributed by atoms with Crippen molar-refractivity contribution in [2.24, 2.45) is 0 Å². The third-order valence-corrected chi connectivity index (χ3v) is 3.92. The topological polar surface area (TPSA) is 23.5 Å². The van der Waals surface area contributed by atoms with E-state index in [9.17, 15) is 5.11 Å². The Kier molecular flexibility index (Phi) is 7.69. The van der Waals surface area contributed by atoms with Crippen molar-refractivity contribution in [1.29, 1.82) is 0 Å². The fraction of sp³-hybridized carbons (Fsp3) is 1.00. The Hall–Kier alpha value is 0.270. The monoisotopic (exact) mass is 219 g/mol. The first-order valence-corrected chi connectivity index (χ1v) is 6.73. The van der Waals surface area contributed by atoms with Crippen molar-refractivity contribution in [3.8, 4) is 0 Å². The second kappa shape index (κ2) is 7.55. The van der Waals surface area contributed by atoms with Crippen molar-refractivity contribution in [2.75, 3.05) is 31.1 Å². The van der Waals surface area contributed by atoms with E-state index in [2.05, 4.69) is 18.7 Å². The molecule has 86 valence electrons. The third kappa shape index (κ3) is 6.68. The number of aliphatic hydroxyl groups is 1. The molecular weight excluding hydrogens is 194 g/mol. The number of hydrogen-bond acceptors (Lipinski definition) is 3. The van der Waals surface area contributed by atoms with Crippen LogP contribution < -0.4 is 0 Å². The van der Waals surface area contributed by atoms with Gasteiger partial charge in [0.25, 0.3) is 0 Å². The van der Waals surface area contributed by atoms with Gasteiger partial charge in [0.05, 0.1) is 5.60 Å². The first kappa shape index (κ1) is 14.3. The van der Waals surface area contributed by atoms with E-state index in [-0.39, 0.29) is 0 Å². The van der Waals surface area contributed by atoms with Gasteiger partial charge in [-0.2, -0.15) is 11.8 Å². The highest BCUT2D eigenvalue weighted by atomic mass is 32.2. The van der Waals surface area contributed by atoms with Crippen LogP contribution in [0.3, 0.4) is 0 Å². The molecule has 0 rings (SSSR count). The van der Waals surface area contributed by atoms with Gasteiger partial charge in [-0.3, -0.25) is 0 Å². The van der Waals surface area contributed by atoms with Crippen LogP contribution in [0.15, 0.2) is 0 Å². The van der Waals surface area contributed by atoms with Crippen molar-refractivity contribution in [3.05, 3.63) is 0 Å². The Balaban J connectivity index is 3.45. The molecule has 0 bridgehead atoms. The lowest BCUT2D eigenvalue weighted by Crippen LogP contribution is -2.28. The minimum Gasteiger partial charge on any atom is -0.389 e. The van der Waals surface area contributed by atoms with E-state index in [1.165, 1.54) is 0 Å². The number of nitrogens with zero attached hydrogens (tertiary/aromatic N) is 1. The van der Waals surface area contributed by atoms with Gasteiger partial charge in [0.15, 0.2) is 0 Å². The summed E-state index contributed by atoms with van der Waals surface area (Å²) in [5.74, 6) is 1.97. The second-order valence-corrected chi connectivity index (χ2v) is 5.04. The normalized spacial score (nSPS) is 15.9. The van der Waals surface area contributed by atoms with Crippen LogP contribution in [0.2, 0.25) is 0 Å². The zero-order chi connectivity index (χ0) is 11.0. The van der Waals surface area contributed by atoms with Crippen LogP contribution >= 0.6 is 11.8 Å². The summed E-state index contributed by atoms with van der Waals surface area (Å²) in [7, 11) is 0. The van der Waals surface area contributed by atoms with Gasteiger partial charge in [0, 0.05) is 18.1 Å². The van der Waals surface area contributed by atoms with Gasteiger partial charge in [-0.25, -0.2) is 0 Å². The number of thioether (sulfide) groups is 1. The lowest BCUT2D eigenvalue weighted by atomic mass is 10.1. The van der Waals surface area contributed by atoms with Crippen LogP contribution in [-0.4, -0.2) is 46.7 Å². The number of hydrogen-bond donors (Lipinski definition) is 1. The third-order valence-electron chi connectivity index (χ3n) is 2.62. The van der Waals surface area contributed by atoms with Gasteiger partial charge in [-0.05, 0) is 26.4 Å². The van der Waals surface area contributed by atoms with Crippen molar-refractivity contribution < 1.29 is 5.11 Å². The van der Waals surface area contributed by atoms with Gasteiger partial charge in [-0.15, -0.1) is 0 Å². The molecule has 0 saturated heterocycles. The molecule has 1 unspecified atom stereocenters. The molecule has 0 fully saturated rings. The summed E-state index contributed by atoms with van der Waals surface area (Å²) in [4.78, 5) is 2.41. The standard InChI is InChI=1S/C11H25NOS/c1-5-11(4,13)10-14-9-8-12(6-2)7-3/h13H,5-10H2,1-4H3. The maximum Gasteiger partial charge on any atom is 0.0707 e. The van der Waals surface area contributed by atoms with Crippen molar-refractivity contribution in [3.63, 3.8) is 0 Å². The largest absolute Gasteiger partial charge is 0.389 e. The smallest absolute Gasteiger partial charge is 0.0707 e. The molecule has 3 heteroatoms. The fourth-order valence-electron chi connectivity index (χ4n) is 1.13. The van der Waals surface area contributed by atoms with E-state index >= 15 is 0 Å². The Morgan fingerprint density at radius 1 is 1.21 bits per heavy atom. The van der Waals surface area contributed by atoms with Crippen LogP contribution in [0.25, 0.3) is 0 Å². The SMILES string of the molecule is CCN(CC)CCSCC(C)(O)CC. The molecule has 0 radical (unpaired) electrons. The zero-order valence-corrected chi connectivity index (χ0v) is 10.9. The van der Waals surface area contributed by atoms with E-state index in [0.29, 0.717) is 0 Å². The molecule has 14 heavy (non-hydrogen) atoms. The zero-order valence-electron chi connectivity index (χ0n) is 10.0. The highest BCUT2D eigenvalue weighted by Crippen LogP contribution is 2.16. The van der Waals surface area contributed by atoms with E-state index in [4.69, 9.17) is 0 Å². The average molecular weight is 219 g/mol. The van der Waals surface area contributed by atoms with Gasteiger partial charge in [0.2, 0.25) is 0 Å². The molecule has 0 aliphatic rings. The summed E-state index contributed by atoms with van der Waals surface area (Å²) in [6.07, 6.45) is 0.839. The maximum absolute atomic E-state index is 9.77.